The van der Waals surface area contributed by atoms with E-state index >= 15 is 0 Å². The Morgan fingerprint density at radius 1 is 1.46 bits per heavy atom. The Bertz CT molecular complexity index is 266. The Morgan fingerprint density at radius 2 is 2.08 bits per heavy atom. The molecular weight excluding hydrogens is 166 g/mol. The molecule has 0 aliphatic rings. The van der Waals surface area contributed by atoms with Crippen LogP contribution in [0.1, 0.15) is 39.4 Å². The van der Waals surface area contributed by atoms with Crippen molar-refractivity contribution in [3.63, 3.8) is 0 Å². The van der Waals surface area contributed by atoms with Crippen LogP contribution in [0.25, 0.3) is 0 Å². The highest BCUT2D eigenvalue weighted by atomic mass is 16.3. The molecule has 4 nitrogen and oxygen atoms in total. The molecule has 4 heteroatoms. The summed E-state index contributed by atoms with van der Waals surface area (Å²) in [4.78, 5) is 0. The SMILES string of the molecule is CCC(C)(CC)n1cnnc1CO. The Morgan fingerprint density at radius 3 is 2.54 bits per heavy atom. The summed E-state index contributed by atoms with van der Waals surface area (Å²) in [5.74, 6) is 0.645. The van der Waals surface area contributed by atoms with E-state index in [1.165, 1.54) is 0 Å². The van der Waals surface area contributed by atoms with Crippen LogP contribution in [0.15, 0.2) is 6.33 Å². The fourth-order valence-electron chi connectivity index (χ4n) is 1.41. The Hall–Kier alpha value is -0.900. The van der Waals surface area contributed by atoms with E-state index in [0.29, 0.717) is 5.82 Å². The fourth-order valence-corrected chi connectivity index (χ4v) is 1.41. The van der Waals surface area contributed by atoms with Crippen molar-refractivity contribution in [2.24, 2.45) is 0 Å². The van der Waals surface area contributed by atoms with Crippen molar-refractivity contribution in [1.29, 1.82) is 0 Å². The van der Waals surface area contributed by atoms with Gasteiger partial charge in [-0.15, -0.1) is 10.2 Å². The molecule has 13 heavy (non-hydrogen) atoms. The first-order chi connectivity index (χ1) is 6.18. The van der Waals surface area contributed by atoms with Crippen LogP contribution in [0, 0.1) is 0 Å². The molecule has 0 radical (unpaired) electrons. The number of rotatable bonds is 4. The highest BCUT2D eigenvalue weighted by Gasteiger charge is 2.24. The average Bonchev–Trinajstić information content (AvgIpc) is 2.65. The molecule has 0 saturated heterocycles. The molecule has 0 bridgehead atoms. The van der Waals surface area contributed by atoms with Crippen LogP contribution in [-0.2, 0) is 12.1 Å². The van der Waals surface area contributed by atoms with Gasteiger partial charge >= 0.3 is 0 Å². The zero-order valence-electron chi connectivity index (χ0n) is 8.49. The van der Waals surface area contributed by atoms with Crippen LogP contribution in [0.4, 0.5) is 0 Å². The van der Waals surface area contributed by atoms with Crippen molar-refractivity contribution in [2.45, 2.75) is 45.8 Å². The fraction of sp³-hybridized carbons (Fsp3) is 0.778. The van der Waals surface area contributed by atoms with Crippen LogP contribution >= 0.6 is 0 Å². The lowest BCUT2D eigenvalue weighted by Crippen LogP contribution is -2.29. The topological polar surface area (TPSA) is 50.9 Å². The van der Waals surface area contributed by atoms with Crippen molar-refractivity contribution >= 4 is 0 Å². The number of aliphatic hydroxyl groups excluding tert-OH is 1. The summed E-state index contributed by atoms with van der Waals surface area (Å²) in [6.45, 7) is 6.36. The maximum atomic E-state index is 9.04. The molecule has 0 unspecified atom stereocenters. The van der Waals surface area contributed by atoms with E-state index in [1.54, 1.807) is 6.33 Å². The van der Waals surface area contributed by atoms with Crippen molar-refractivity contribution in [3.8, 4) is 0 Å². The summed E-state index contributed by atoms with van der Waals surface area (Å²) in [7, 11) is 0. The summed E-state index contributed by atoms with van der Waals surface area (Å²) in [5.41, 5.74) is 0.0293. The number of aliphatic hydroxyl groups is 1. The minimum Gasteiger partial charge on any atom is -0.388 e. The monoisotopic (exact) mass is 183 g/mol. The molecule has 0 aliphatic carbocycles. The lowest BCUT2D eigenvalue weighted by molar-refractivity contribution is 0.228. The van der Waals surface area contributed by atoms with Crippen LogP contribution in [0.2, 0.25) is 0 Å². The van der Waals surface area contributed by atoms with Gasteiger partial charge in [-0.05, 0) is 19.8 Å². The second-order valence-electron chi connectivity index (χ2n) is 3.48. The van der Waals surface area contributed by atoms with Gasteiger partial charge in [-0.1, -0.05) is 13.8 Å². The summed E-state index contributed by atoms with van der Waals surface area (Å²) in [6.07, 6.45) is 3.71. The Balaban J connectivity index is 3.03. The molecule has 0 amide bonds. The molecule has 1 N–H and O–H groups in total. The lowest BCUT2D eigenvalue weighted by Gasteiger charge is -2.29. The molecule has 0 aromatic carbocycles. The summed E-state index contributed by atoms with van der Waals surface area (Å²) < 4.78 is 1.97. The Kier molecular flexibility index (Phi) is 3.03. The van der Waals surface area contributed by atoms with E-state index in [2.05, 4.69) is 31.0 Å². The van der Waals surface area contributed by atoms with Gasteiger partial charge in [-0.3, -0.25) is 0 Å². The normalized spacial score (nSPS) is 12.0. The highest BCUT2D eigenvalue weighted by Crippen LogP contribution is 2.24. The van der Waals surface area contributed by atoms with E-state index in [9.17, 15) is 0 Å². The zero-order valence-corrected chi connectivity index (χ0v) is 8.49. The molecule has 0 aliphatic heterocycles. The molecular formula is C9H17N3O. The summed E-state index contributed by atoms with van der Waals surface area (Å²) >= 11 is 0. The highest BCUT2D eigenvalue weighted by molar-refractivity contribution is 4.92. The molecule has 0 saturated carbocycles. The van der Waals surface area contributed by atoms with Gasteiger partial charge in [-0.2, -0.15) is 0 Å². The van der Waals surface area contributed by atoms with E-state index < -0.39 is 0 Å². The van der Waals surface area contributed by atoms with Gasteiger partial charge in [0.05, 0.1) is 0 Å². The third kappa shape index (κ3) is 1.72. The second-order valence-corrected chi connectivity index (χ2v) is 3.48. The second kappa shape index (κ2) is 3.87. The first kappa shape index (κ1) is 10.2. The first-order valence-electron chi connectivity index (χ1n) is 4.68. The van der Waals surface area contributed by atoms with Crippen LogP contribution < -0.4 is 0 Å². The number of hydrogen-bond donors (Lipinski definition) is 1. The van der Waals surface area contributed by atoms with Gasteiger partial charge in [0.1, 0.15) is 12.9 Å². The predicted octanol–water partition coefficient (Wildman–Crippen LogP) is 1.31. The van der Waals surface area contributed by atoms with Crippen molar-refractivity contribution in [2.75, 3.05) is 0 Å². The van der Waals surface area contributed by atoms with Gasteiger partial charge in [0.15, 0.2) is 5.82 Å². The third-order valence-electron chi connectivity index (χ3n) is 2.86. The molecule has 1 aromatic heterocycles. The van der Waals surface area contributed by atoms with Crippen molar-refractivity contribution < 1.29 is 5.11 Å². The molecule has 74 valence electrons. The zero-order chi connectivity index (χ0) is 9.90. The van der Waals surface area contributed by atoms with Gasteiger partial charge in [0.25, 0.3) is 0 Å². The molecule has 0 atom stereocenters. The minimum atomic E-state index is -0.0460. The lowest BCUT2D eigenvalue weighted by atomic mass is 9.95. The van der Waals surface area contributed by atoms with Gasteiger partial charge in [0.2, 0.25) is 0 Å². The third-order valence-corrected chi connectivity index (χ3v) is 2.86. The maximum absolute atomic E-state index is 9.04. The molecule has 1 rings (SSSR count). The predicted molar refractivity (Wildman–Crippen MR) is 50.2 cm³/mol. The number of hydrogen-bond acceptors (Lipinski definition) is 3. The van der Waals surface area contributed by atoms with Gasteiger partial charge < -0.3 is 9.67 Å². The molecule has 1 heterocycles. The largest absolute Gasteiger partial charge is 0.388 e. The molecule has 0 spiro atoms. The minimum absolute atomic E-state index is 0.0293. The smallest absolute Gasteiger partial charge is 0.159 e. The number of aromatic nitrogens is 3. The van der Waals surface area contributed by atoms with Gasteiger partial charge in [-0.25, -0.2) is 0 Å². The molecule has 1 aromatic rings. The Labute approximate surface area is 78.6 Å². The van der Waals surface area contributed by atoms with Gasteiger partial charge in [0, 0.05) is 5.54 Å². The quantitative estimate of drug-likeness (QED) is 0.765. The van der Waals surface area contributed by atoms with Crippen LogP contribution in [0.3, 0.4) is 0 Å². The first-order valence-corrected chi connectivity index (χ1v) is 4.68. The molecule has 0 fully saturated rings. The number of nitrogens with zero attached hydrogens (tertiary/aromatic N) is 3. The summed E-state index contributed by atoms with van der Waals surface area (Å²) in [5, 5.41) is 16.7. The van der Waals surface area contributed by atoms with E-state index in [0.717, 1.165) is 12.8 Å². The van der Waals surface area contributed by atoms with E-state index in [4.69, 9.17) is 5.11 Å². The van der Waals surface area contributed by atoms with E-state index in [1.807, 2.05) is 4.57 Å². The van der Waals surface area contributed by atoms with E-state index in [-0.39, 0.29) is 12.1 Å². The maximum Gasteiger partial charge on any atom is 0.159 e. The van der Waals surface area contributed by atoms with Crippen molar-refractivity contribution in [3.05, 3.63) is 12.2 Å². The van der Waals surface area contributed by atoms with Crippen LogP contribution in [0.5, 0.6) is 0 Å². The van der Waals surface area contributed by atoms with Crippen molar-refractivity contribution in [1.82, 2.24) is 14.8 Å². The van der Waals surface area contributed by atoms with Crippen LogP contribution in [-0.4, -0.2) is 19.9 Å². The summed E-state index contributed by atoms with van der Waals surface area (Å²) in [6, 6.07) is 0. The standard InChI is InChI=1S/C9H17N3O/c1-4-9(3,5-2)12-7-10-11-8(12)6-13/h7,13H,4-6H2,1-3H3. The average molecular weight is 183 g/mol.